The maximum atomic E-state index is 12.2. The fraction of sp³-hybridized carbons (Fsp3) is 0.917. The number of likely N-dealkylation sites (tertiary alicyclic amines) is 1. The van der Waals surface area contributed by atoms with Gasteiger partial charge < -0.3 is 10.2 Å². The van der Waals surface area contributed by atoms with E-state index in [-0.39, 0.29) is 18.3 Å². The van der Waals surface area contributed by atoms with Crippen LogP contribution in [-0.2, 0) is 4.79 Å². The van der Waals surface area contributed by atoms with E-state index in [1.807, 2.05) is 0 Å². The quantitative estimate of drug-likeness (QED) is 0.761. The van der Waals surface area contributed by atoms with Gasteiger partial charge in [-0.2, -0.15) is 0 Å². The zero-order valence-electron chi connectivity index (χ0n) is 10.2. The van der Waals surface area contributed by atoms with E-state index in [4.69, 9.17) is 0 Å². The van der Waals surface area contributed by atoms with E-state index in [1.165, 1.54) is 6.42 Å². The number of nitrogens with one attached hydrogen (secondary N) is 1. The molecule has 2 aliphatic rings. The van der Waals surface area contributed by atoms with Crippen LogP contribution in [0.1, 0.15) is 26.7 Å². The molecule has 1 amide bonds. The topological polar surface area (TPSA) is 32.3 Å². The lowest BCUT2D eigenvalue weighted by Crippen LogP contribution is -2.45. The highest BCUT2D eigenvalue weighted by molar-refractivity contribution is 5.85. The molecule has 2 heterocycles. The zero-order valence-corrected chi connectivity index (χ0v) is 11.1. The highest BCUT2D eigenvalue weighted by Crippen LogP contribution is 2.23. The molecule has 1 N–H and O–H groups in total. The summed E-state index contributed by atoms with van der Waals surface area (Å²) in [6, 6.07) is 0. The van der Waals surface area contributed by atoms with E-state index in [0.717, 1.165) is 32.6 Å². The molecule has 2 saturated heterocycles. The Labute approximate surface area is 104 Å². The standard InChI is InChI=1S/C12H22N2O.ClH/c1-9-5-10(2)8-14(7-9)12(15)11-3-4-13-6-11;/h9-11,13H,3-8H2,1-2H3;1H/t9?,10?,11-;/m0./s1. The molecule has 4 heteroatoms. The smallest absolute Gasteiger partial charge is 0.227 e. The van der Waals surface area contributed by atoms with Crippen molar-refractivity contribution in [2.45, 2.75) is 26.7 Å². The van der Waals surface area contributed by atoms with Gasteiger partial charge in [-0.25, -0.2) is 0 Å². The zero-order chi connectivity index (χ0) is 10.8. The van der Waals surface area contributed by atoms with Gasteiger partial charge in [-0.1, -0.05) is 13.8 Å². The lowest BCUT2D eigenvalue weighted by Gasteiger charge is -2.36. The van der Waals surface area contributed by atoms with Crippen LogP contribution in [0.2, 0.25) is 0 Å². The van der Waals surface area contributed by atoms with E-state index in [1.54, 1.807) is 0 Å². The van der Waals surface area contributed by atoms with Gasteiger partial charge in [-0.3, -0.25) is 4.79 Å². The first kappa shape index (κ1) is 13.8. The van der Waals surface area contributed by atoms with Crippen LogP contribution in [0, 0.1) is 17.8 Å². The molecule has 0 bridgehead atoms. The van der Waals surface area contributed by atoms with Gasteiger partial charge in [-0.15, -0.1) is 12.4 Å². The molecule has 0 radical (unpaired) electrons. The average molecular weight is 247 g/mol. The van der Waals surface area contributed by atoms with E-state index in [0.29, 0.717) is 17.7 Å². The molecule has 0 aliphatic carbocycles. The predicted octanol–water partition coefficient (Wildman–Crippen LogP) is 1.52. The second-order valence-electron chi connectivity index (χ2n) is 5.38. The summed E-state index contributed by atoms with van der Waals surface area (Å²) in [6.45, 7) is 8.35. The van der Waals surface area contributed by atoms with Crippen molar-refractivity contribution in [3.8, 4) is 0 Å². The molecule has 0 spiro atoms. The average Bonchev–Trinajstić information content (AvgIpc) is 2.67. The Bertz CT molecular complexity index is 231. The minimum atomic E-state index is 0. The summed E-state index contributed by atoms with van der Waals surface area (Å²) >= 11 is 0. The van der Waals surface area contributed by atoms with Gasteiger partial charge >= 0.3 is 0 Å². The molecular formula is C12H23ClN2O. The summed E-state index contributed by atoms with van der Waals surface area (Å²) in [7, 11) is 0. The summed E-state index contributed by atoms with van der Waals surface area (Å²) in [4.78, 5) is 14.3. The number of amides is 1. The number of piperidine rings is 1. The molecule has 2 aliphatic heterocycles. The number of nitrogens with zero attached hydrogens (tertiary/aromatic N) is 1. The number of rotatable bonds is 1. The molecule has 2 rings (SSSR count). The predicted molar refractivity (Wildman–Crippen MR) is 67.7 cm³/mol. The lowest BCUT2D eigenvalue weighted by molar-refractivity contribution is -0.137. The molecule has 0 aromatic rings. The van der Waals surface area contributed by atoms with Crippen molar-refractivity contribution >= 4 is 18.3 Å². The van der Waals surface area contributed by atoms with Crippen LogP contribution in [0.4, 0.5) is 0 Å². The minimum absolute atomic E-state index is 0. The molecular weight excluding hydrogens is 224 g/mol. The van der Waals surface area contributed by atoms with Crippen molar-refractivity contribution in [3.05, 3.63) is 0 Å². The van der Waals surface area contributed by atoms with Crippen molar-refractivity contribution < 1.29 is 4.79 Å². The van der Waals surface area contributed by atoms with Crippen molar-refractivity contribution in [1.82, 2.24) is 10.2 Å². The molecule has 0 aromatic carbocycles. The maximum absolute atomic E-state index is 12.2. The van der Waals surface area contributed by atoms with E-state index < -0.39 is 0 Å². The molecule has 3 nitrogen and oxygen atoms in total. The van der Waals surface area contributed by atoms with Gasteiger partial charge in [0.15, 0.2) is 0 Å². The van der Waals surface area contributed by atoms with E-state index in [2.05, 4.69) is 24.1 Å². The van der Waals surface area contributed by atoms with Gasteiger partial charge in [0.05, 0.1) is 5.92 Å². The van der Waals surface area contributed by atoms with Crippen molar-refractivity contribution in [2.75, 3.05) is 26.2 Å². The van der Waals surface area contributed by atoms with Crippen LogP contribution < -0.4 is 5.32 Å². The Morgan fingerprint density at radius 2 is 1.88 bits per heavy atom. The summed E-state index contributed by atoms with van der Waals surface area (Å²) in [5.74, 6) is 1.99. The van der Waals surface area contributed by atoms with Gasteiger partial charge in [0, 0.05) is 19.6 Å². The number of halogens is 1. The largest absolute Gasteiger partial charge is 0.342 e. The number of hydrogen-bond acceptors (Lipinski definition) is 2. The number of hydrogen-bond donors (Lipinski definition) is 1. The lowest BCUT2D eigenvalue weighted by atomic mass is 9.91. The van der Waals surface area contributed by atoms with E-state index in [9.17, 15) is 4.79 Å². The first-order valence-corrected chi connectivity index (χ1v) is 6.16. The molecule has 0 aromatic heterocycles. The van der Waals surface area contributed by atoms with Gasteiger partial charge in [0.2, 0.25) is 5.91 Å². The normalized spacial score (nSPS) is 34.6. The Morgan fingerprint density at radius 3 is 2.38 bits per heavy atom. The molecule has 16 heavy (non-hydrogen) atoms. The second-order valence-corrected chi connectivity index (χ2v) is 5.38. The van der Waals surface area contributed by atoms with Crippen molar-refractivity contribution in [2.24, 2.45) is 17.8 Å². The second kappa shape index (κ2) is 5.87. The Hall–Kier alpha value is -0.280. The van der Waals surface area contributed by atoms with Gasteiger partial charge in [0.1, 0.15) is 0 Å². The Kier molecular flexibility index (Phi) is 5.06. The summed E-state index contributed by atoms with van der Waals surface area (Å²) in [5, 5.41) is 3.27. The number of carbonyl (C=O) groups excluding carboxylic acids is 1. The third kappa shape index (κ3) is 3.11. The Morgan fingerprint density at radius 1 is 1.25 bits per heavy atom. The molecule has 3 atom stereocenters. The fourth-order valence-electron chi connectivity index (χ4n) is 2.97. The van der Waals surface area contributed by atoms with Crippen LogP contribution >= 0.6 is 12.4 Å². The van der Waals surface area contributed by atoms with Crippen LogP contribution in [0.5, 0.6) is 0 Å². The highest BCUT2D eigenvalue weighted by Gasteiger charge is 2.31. The molecule has 94 valence electrons. The van der Waals surface area contributed by atoms with Crippen LogP contribution in [0.15, 0.2) is 0 Å². The van der Waals surface area contributed by atoms with Crippen LogP contribution in [0.25, 0.3) is 0 Å². The van der Waals surface area contributed by atoms with Crippen LogP contribution in [-0.4, -0.2) is 37.0 Å². The van der Waals surface area contributed by atoms with Crippen LogP contribution in [0.3, 0.4) is 0 Å². The summed E-state index contributed by atoms with van der Waals surface area (Å²) in [6.07, 6.45) is 2.30. The molecule has 2 unspecified atom stereocenters. The monoisotopic (exact) mass is 246 g/mol. The maximum Gasteiger partial charge on any atom is 0.227 e. The first-order chi connectivity index (χ1) is 7.16. The first-order valence-electron chi connectivity index (χ1n) is 6.16. The molecule has 2 fully saturated rings. The number of carbonyl (C=O) groups is 1. The highest BCUT2D eigenvalue weighted by atomic mass is 35.5. The van der Waals surface area contributed by atoms with E-state index >= 15 is 0 Å². The summed E-state index contributed by atoms with van der Waals surface area (Å²) in [5.41, 5.74) is 0. The summed E-state index contributed by atoms with van der Waals surface area (Å²) < 4.78 is 0. The van der Waals surface area contributed by atoms with Crippen molar-refractivity contribution in [1.29, 1.82) is 0 Å². The molecule has 0 saturated carbocycles. The van der Waals surface area contributed by atoms with Gasteiger partial charge in [0.25, 0.3) is 0 Å². The minimum Gasteiger partial charge on any atom is -0.342 e. The van der Waals surface area contributed by atoms with Crippen molar-refractivity contribution in [3.63, 3.8) is 0 Å². The van der Waals surface area contributed by atoms with Gasteiger partial charge in [-0.05, 0) is 31.2 Å². The third-order valence-electron chi connectivity index (χ3n) is 3.59. The Balaban J connectivity index is 0.00000128. The fourth-order valence-corrected chi connectivity index (χ4v) is 2.97. The third-order valence-corrected chi connectivity index (χ3v) is 3.59. The SMILES string of the molecule is CC1CC(C)CN(C(=O)[C@H]2CCNC2)C1.Cl.